The summed E-state index contributed by atoms with van der Waals surface area (Å²) in [5, 5.41) is 5.58. The van der Waals surface area contributed by atoms with E-state index in [-0.39, 0.29) is 11.8 Å². The van der Waals surface area contributed by atoms with E-state index in [1.54, 1.807) is 38.2 Å². The molecule has 30 heavy (non-hydrogen) atoms. The summed E-state index contributed by atoms with van der Waals surface area (Å²) in [4.78, 5) is 42.6. The molecule has 1 aliphatic rings. The molecular formula is C22H33N3O5. The third-order valence-electron chi connectivity index (χ3n) is 4.75. The number of carbonyl (C=O) groups is 3. The van der Waals surface area contributed by atoms with Crippen LogP contribution in [0.3, 0.4) is 0 Å². The normalized spacial score (nSPS) is 20.4. The molecule has 0 aromatic carbocycles. The topological polar surface area (TPSA) is 107 Å². The van der Waals surface area contributed by atoms with E-state index in [0.717, 1.165) is 0 Å². The monoisotopic (exact) mass is 419 g/mol. The average molecular weight is 420 g/mol. The van der Waals surface area contributed by atoms with Crippen LogP contribution < -0.4 is 10.6 Å². The molecule has 1 aromatic rings. The molecule has 166 valence electrons. The van der Waals surface area contributed by atoms with Crippen molar-refractivity contribution in [2.45, 2.75) is 72.8 Å². The fourth-order valence-electron chi connectivity index (χ4n) is 3.36. The Labute approximate surface area is 178 Å². The molecule has 1 aliphatic heterocycles. The molecule has 0 bridgehead atoms. The van der Waals surface area contributed by atoms with Gasteiger partial charge in [0.15, 0.2) is 6.10 Å². The SMILES string of the molecule is CC(C)CC(C(=O)NC(C(=O)Nc1ccccn1)C(C)(C)C)C1OC(C)(C)OC1=O. The van der Waals surface area contributed by atoms with Crippen molar-refractivity contribution in [3.63, 3.8) is 0 Å². The summed E-state index contributed by atoms with van der Waals surface area (Å²) >= 11 is 0. The highest BCUT2D eigenvalue weighted by atomic mass is 16.8. The predicted molar refractivity (Wildman–Crippen MR) is 112 cm³/mol. The Morgan fingerprint density at radius 1 is 1.20 bits per heavy atom. The minimum atomic E-state index is -1.09. The first kappa shape index (κ1) is 23.8. The maximum absolute atomic E-state index is 13.2. The van der Waals surface area contributed by atoms with Crippen LogP contribution in [-0.2, 0) is 23.9 Å². The van der Waals surface area contributed by atoms with E-state index in [4.69, 9.17) is 9.47 Å². The van der Waals surface area contributed by atoms with Crippen LogP contribution in [0.25, 0.3) is 0 Å². The zero-order valence-corrected chi connectivity index (χ0v) is 18.8. The number of aromatic nitrogens is 1. The number of ether oxygens (including phenoxy) is 2. The second-order valence-electron chi connectivity index (χ2n) is 9.61. The van der Waals surface area contributed by atoms with Crippen LogP contribution in [0.1, 0.15) is 54.9 Å². The van der Waals surface area contributed by atoms with Crippen LogP contribution in [0, 0.1) is 17.3 Å². The number of pyridine rings is 1. The van der Waals surface area contributed by atoms with Gasteiger partial charge in [-0.15, -0.1) is 0 Å². The lowest BCUT2D eigenvalue weighted by Crippen LogP contribution is -2.54. The summed E-state index contributed by atoms with van der Waals surface area (Å²) in [5.74, 6) is -2.69. The van der Waals surface area contributed by atoms with E-state index in [0.29, 0.717) is 12.2 Å². The maximum Gasteiger partial charge on any atom is 0.338 e. The lowest BCUT2D eigenvalue weighted by atomic mass is 9.84. The molecule has 2 heterocycles. The molecule has 3 unspecified atom stereocenters. The first-order valence-corrected chi connectivity index (χ1v) is 10.2. The molecule has 2 N–H and O–H groups in total. The number of cyclic esters (lactones) is 1. The molecule has 0 saturated carbocycles. The van der Waals surface area contributed by atoms with Crippen LogP contribution in [0.4, 0.5) is 5.82 Å². The van der Waals surface area contributed by atoms with Gasteiger partial charge < -0.3 is 20.1 Å². The minimum Gasteiger partial charge on any atom is -0.432 e. The zero-order chi connectivity index (χ0) is 22.7. The molecule has 0 spiro atoms. The quantitative estimate of drug-likeness (QED) is 0.658. The molecule has 2 rings (SSSR count). The van der Waals surface area contributed by atoms with Crippen molar-refractivity contribution in [2.75, 3.05) is 5.32 Å². The zero-order valence-electron chi connectivity index (χ0n) is 18.8. The summed E-state index contributed by atoms with van der Waals surface area (Å²) < 4.78 is 11.0. The van der Waals surface area contributed by atoms with Gasteiger partial charge in [-0.1, -0.05) is 40.7 Å². The molecule has 8 heteroatoms. The Morgan fingerprint density at radius 2 is 1.87 bits per heavy atom. The van der Waals surface area contributed by atoms with Crippen molar-refractivity contribution < 1.29 is 23.9 Å². The number of amides is 2. The summed E-state index contributed by atoms with van der Waals surface area (Å²) in [6, 6.07) is 4.34. The number of rotatable bonds is 7. The number of nitrogens with zero attached hydrogens (tertiary/aromatic N) is 1. The van der Waals surface area contributed by atoms with Crippen molar-refractivity contribution in [1.82, 2.24) is 10.3 Å². The third kappa shape index (κ3) is 6.26. The molecule has 1 aromatic heterocycles. The van der Waals surface area contributed by atoms with Gasteiger partial charge >= 0.3 is 5.97 Å². The number of nitrogens with one attached hydrogen (secondary N) is 2. The molecule has 1 fully saturated rings. The van der Waals surface area contributed by atoms with Gasteiger partial charge in [0, 0.05) is 20.0 Å². The number of hydrogen-bond donors (Lipinski definition) is 2. The van der Waals surface area contributed by atoms with E-state index in [2.05, 4.69) is 15.6 Å². The summed E-state index contributed by atoms with van der Waals surface area (Å²) in [7, 11) is 0. The van der Waals surface area contributed by atoms with Gasteiger partial charge in [0.05, 0.1) is 5.92 Å². The van der Waals surface area contributed by atoms with Crippen molar-refractivity contribution in [2.24, 2.45) is 17.3 Å². The number of anilines is 1. The molecule has 3 atom stereocenters. The van der Waals surface area contributed by atoms with Crippen molar-refractivity contribution in [3.05, 3.63) is 24.4 Å². The number of esters is 1. The Balaban J connectivity index is 2.22. The molecular weight excluding hydrogens is 386 g/mol. The van der Waals surface area contributed by atoms with Crippen LogP contribution in [0.2, 0.25) is 0 Å². The minimum absolute atomic E-state index is 0.135. The van der Waals surface area contributed by atoms with Crippen LogP contribution in [0.5, 0.6) is 0 Å². The van der Waals surface area contributed by atoms with Gasteiger partial charge in [0.25, 0.3) is 0 Å². The number of hydrogen-bond acceptors (Lipinski definition) is 6. The Bertz CT molecular complexity index is 771. The van der Waals surface area contributed by atoms with Crippen LogP contribution >= 0.6 is 0 Å². The first-order valence-electron chi connectivity index (χ1n) is 10.2. The highest BCUT2D eigenvalue weighted by Crippen LogP contribution is 2.32. The molecule has 8 nitrogen and oxygen atoms in total. The summed E-state index contributed by atoms with van der Waals surface area (Å²) in [6.45, 7) is 12.8. The van der Waals surface area contributed by atoms with E-state index >= 15 is 0 Å². The van der Waals surface area contributed by atoms with E-state index in [1.807, 2.05) is 34.6 Å². The predicted octanol–water partition coefficient (Wildman–Crippen LogP) is 2.89. The molecule has 0 aliphatic carbocycles. The summed E-state index contributed by atoms with van der Waals surface area (Å²) in [5.41, 5.74) is -0.576. The third-order valence-corrected chi connectivity index (χ3v) is 4.75. The van der Waals surface area contributed by atoms with Crippen LogP contribution in [-0.4, -0.2) is 40.7 Å². The Morgan fingerprint density at radius 3 is 2.33 bits per heavy atom. The maximum atomic E-state index is 13.2. The fraction of sp³-hybridized carbons (Fsp3) is 0.636. The van der Waals surface area contributed by atoms with Gasteiger partial charge in [0.2, 0.25) is 17.6 Å². The van der Waals surface area contributed by atoms with Crippen molar-refractivity contribution >= 4 is 23.6 Å². The van der Waals surface area contributed by atoms with E-state index in [1.165, 1.54) is 0 Å². The van der Waals surface area contributed by atoms with Gasteiger partial charge in [0.1, 0.15) is 11.9 Å². The standard InChI is InChI=1S/C22H33N3O5/c1-13(2)12-14(16-20(28)30-22(6,7)29-16)18(26)25-17(21(3,4)5)19(27)24-15-10-8-9-11-23-15/h8-11,13-14,16-17H,12H2,1-7H3,(H,25,26)(H,23,24,27). The lowest BCUT2D eigenvalue weighted by Gasteiger charge is -2.32. The van der Waals surface area contributed by atoms with Gasteiger partial charge in [-0.05, 0) is 29.9 Å². The lowest BCUT2D eigenvalue weighted by molar-refractivity contribution is -0.162. The van der Waals surface area contributed by atoms with Gasteiger partial charge in [-0.3, -0.25) is 9.59 Å². The number of carbonyl (C=O) groups excluding carboxylic acids is 3. The second kappa shape index (κ2) is 9.12. The molecule has 2 amide bonds. The van der Waals surface area contributed by atoms with Crippen molar-refractivity contribution in [3.8, 4) is 0 Å². The Hall–Kier alpha value is -2.48. The largest absolute Gasteiger partial charge is 0.432 e. The van der Waals surface area contributed by atoms with Gasteiger partial charge in [-0.25, -0.2) is 9.78 Å². The molecule has 1 saturated heterocycles. The summed E-state index contributed by atoms with van der Waals surface area (Å²) in [6.07, 6.45) is 0.978. The highest BCUT2D eigenvalue weighted by molar-refractivity contribution is 5.98. The first-order chi connectivity index (χ1) is 13.8. The second-order valence-corrected chi connectivity index (χ2v) is 9.61. The highest BCUT2D eigenvalue weighted by Gasteiger charge is 2.48. The van der Waals surface area contributed by atoms with E-state index < -0.39 is 41.1 Å². The average Bonchev–Trinajstić information content (AvgIpc) is 2.89. The van der Waals surface area contributed by atoms with Gasteiger partial charge in [-0.2, -0.15) is 0 Å². The fourth-order valence-corrected chi connectivity index (χ4v) is 3.36. The smallest absolute Gasteiger partial charge is 0.338 e. The van der Waals surface area contributed by atoms with Crippen molar-refractivity contribution in [1.29, 1.82) is 0 Å². The molecule has 0 radical (unpaired) electrons. The Kier molecular flexibility index (Phi) is 7.23. The van der Waals surface area contributed by atoms with Crippen LogP contribution in [0.15, 0.2) is 24.4 Å². The van der Waals surface area contributed by atoms with E-state index in [9.17, 15) is 14.4 Å².